The number of aliphatic hydroxyl groups is 1. The highest BCUT2D eigenvalue weighted by atomic mass is 31.2. The van der Waals surface area contributed by atoms with E-state index in [9.17, 15) is 19.6 Å². The molecule has 0 aliphatic heterocycles. The minimum absolute atomic E-state index is 0.0145. The Balaban J connectivity index is 1.97. The first-order valence-corrected chi connectivity index (χ1v) is 9.09. The summed E-state index contributed by atoms with van der Waals surface area (Å²) < 4.78 is 11.1. The summed E-state index contributed by atoms with van der Waals surface area (Å²) in [5, 5.41) is 21.7. The zero-order valence-electron chi connectivity index (χ0n) is 12.9. The van der Waals surface area contributed by atoms with Gasteiger partial charge in [-0.25, -0.2) is 4.57 Å². The normalized spacial score (nSPS) is 19.0. The lowest BCUT2D eigenvalue weighted by molar-refractivity contribution is -0.120. The molecule has 0 saturated heterocycles. The van der Waals surface area contributed by atoms with Crippen molar-refractivity contribution in [3.05, 3.63) is 53.8 Å². The van der Waals surface area contributed by atoms with Crippen molar-refractivity contribution in [3.8, 4) is 5.75 Å². The van der Waals surface area contributed by atoms with Gasteiger partial charge in [-0.15, -0.1) is 0 Å². The molecule has 2 atom stereocenters. The van der Waals surface area contributed by atoms with E-state index in [0.717, 1.165) is 5.56 Å². The smallest absolute Gasteiger partial charge is 0.427 e. The number of phenolic OH excluding ortho intramolecular Hbond substituents is 1. The van der Waals surface area contributed by atoms with E-state index in [1.807, 2.05) is 11.2 Å². The molecule has 2 unspecified atom stereocenters. The first-order valence-electron chi connectivity index (χ1n) is 7.48. The molecule has 0 radical (unpaired) electrons. The molecule has 0 fully saturated rings. The summed E-state index contributed by atoms with van der Waals surface area (Å²) >= 11 is 0. The summed E-state index contributed by atoms with van der Waals surface area (Å²) in [7, 11) is -4.56. The predicted molar refractivity (Wildman–Crippen MR) is 88.0 cm³/mol. The number of carbonyl (C=O) groups excluding carboxylic acids is 1. The molecule has 1 aromatic rings. The number of nitrogens with one attached hydrogen (secondary N) is 1. The van der Waals surface area contributed by atoms with Gasteiger partial charge < -0.3 is 20.0 Å². The fraction of sp³-hybridized carbons (Fsp3) is 0.312. The Morgan fingerprint density at radius 2 is 2.04 bits per heavy atom. The Morgan fingerprint density at radius 3 is 2.71 bits per heavy atom. The van der Waals surface area contributed by atoms with Gasteiger partial charge in [-0.05, 0) is 49.1 Å². The van der Waals surface area contributed by atoms with Gasteiger partial charge in [0.1, 0.15) is 5.75 Å². The van der Waals surface area contributed by atoms with Gasteiger partial charge in [-0.2, -0.15) is 0 Å². The molecule has 0 bridgehead atoms. The number of rotatable bonds is 7. The van der Waals surface area contributed by atoms with Gasteiger partial charge in [0, 0.05) is 5.70 Å². The fourth-order valence-electron chi connectivity index (χ4n) is 2.67. The van der Waals surface area contributed by atoms with Gasteiger partial charge in [-0.1, -0.05) is 18.2 Å². The van der Waals surface area contributed by atoms with Crippen LogP contribution in [0.15, 0.2) is 48.2 Å². The molecule has 7 nitrogen and oxygen atoms in total. The van der Waals surface area contributed by atoms with Crippen LogP contribution in [0.3, 0.4) is 0 Å². The van der Waals surface area contributed by atoms with Crippen LogP contribution in [0, 0.1) is 5.92 Å². The van der Waals surface area contributed by atoms with Crippen molar-refractivity contribution in [2.45, 2.75) is 25.4 Å². The van der Waals surface area contributed by atoms with Crippen molar-refractivity contribution in [1.29, 1.82) is 0 Å². The topological polar surface area (TPSA) is 127 Å². The van der Waals surface area contributed by atoms with Gasteiger partial charge in [-0.3, -0.25) is 9.88 Å². The predicted octanol–water partition coefficient (Wildman–Crippen LogP) is 1.40. The van der Waals surface area contributed by atoms with Crippen LogP contribution >= 0.6 is 7.75 Å². The van der Waals surface area contributed by atoms with Gasteiger partial charge in [0.25, 0.3) is 0 Å². The molecule has 2 rings (SSSR count). The van der Waals surface area contributed by atoms with Gasteiger partial charge in [0.05, 0.1) is 12.0 Å². The van der Waals surface area contributed by atoms with E-state index < -0.39 is 25.6 Å². The third-order valence-corrected chi connectivity index (χ3v) is 4.26. The molecular weight excluding hydrogens is 333 g/mol. The zero-order valence-corrected chi connectivity index (χ0v) is 13.8. The molecule has 1 aliphatic carbocycles. The number of phenols is 1. The highest BCUT2D eigenvalue weighted by Gasteiger charge is 2.32. The van der Waals surface area contributed by atoms with Crippen molar-refractivity contribution in [3.63, 3.8) is 0 Å². The van der Waals surface area contributed by atoms with Crippen LogP contribution in [-0.4, -0.2) is 31.9 Å². The number of aromatic hydroxyl groups is 1. The van der Waals surface area contributed by atoms with Crippen LogP contribution in [0.1, 0.15) is 18.4 Å². The summed E-state index contributed by atoms with van der Waals surface area (Å²) in [5.74, 6) is -1.26. The lowest BCUT2D eigenvalue weighted by Crippen LogP contribution is -2.35. The van der Waals surface area contributed by atoms with Crippen molar-refractivity contribution in [1.82, 2.24) is 5.09 Å². The van der Waals surface area contributed by atoms with Crippen LogP contribution in [0.25, 0.3) is 0 Å². The molecule has 0 saturated carbocycles. The lowest BCUT2D eigenvalue weighted by atomic mass is 9.87. The molecule has 1 aromatic carbocycles. The molecular formula is C16H20NO6P. The summed E-state index contributed by atoms with van der Waals surface area (Å²) in [6.07, 6.45) is 4.41. The number of hydrogen-bond acceptors (Lipinski definition) is 4. The standard InChI is InChI=1S/C16H20NO6P/c18-12-6-1-4-11(10-12)5-2-8-14(19)16-13(17-24(21,22)23)7-3-9-15(16)20/h1,3-4,6-7,9-10,14,16,18-19H,2,5,8H2,(H3,17,21,22,23). The van der Waals surface area contributed by atoms with E-state index in [-0.39, 0.29) is 17.9 Å². The van der Waals surface area contributed by atoms with Crippen LogP contribution < -0.4 is 5.09 Å². The monoisotopic (exact) mass is 353 g/mol. The average molecular weight is 353 g/mol. The van der Waals surface area contributed by atoms with Crippen molar-refractivity contribution >= 4 is 13.5 Å². The summed E-state index contributed by atoms with van der Waals surface area (Å²) in [5.41, 5.74) is 0.918. The number of aryl methyl sites for hydroxylation is 1. The van der Waals surface area contributed by atoms with Crippen LogP contribution in [0.2, 0.25) is 0 Å². The number of benzene rings is 1. The van der Waals surface area contributed by atoms with Crippen molar-refractivity contribution < 1.29 is 29.4 Å². The molecule has 1 aliphatic rings. The van der Waals surface area contributed by atoms with E-state index in [1.54, 1.807) is 18.2 Å². The second-order valence-corrected chi connectivity index (χ2v) is 6.96. The van der Waals surface area contributed by atoms with Crippen LogP contribution in [0.4, 0.5) is 0 Å². The Labute approximate surface area is 139 Å². The van der Waals surface area contributed by atoms with Crippen molar-refractivity contribution in [2.75, 3.05) is 0 Å². The Morgan fingerprint density at radius 1 is 1.29 bits per heavy atom. The quantitative estimate of drug-likeness (QED) is 0.469. The van der Waals surface area contributed by atoms with E-state index >= 15 is 0 Å². The van der Waals surface area contributed by atoms with Crippen LogP contribution in [0.5, 0.6) is 5.75 Å². The Bertz CT molecular complexity index is 708. The summed E-state index contributed by atoms with van der Waals surface area (Å²) in [4.78, 5) is 30.0. The number of aliphatic hydroxyl groups excluding tert-OH is 1. The average Bonchev–Trinajstić information content (AvgIpc) is 2.45. The third-order valence-electron chi connectivity index (χ3n) is 3.71. The third kappa shape index (κ3) is 5.32. The summed E-state index contributed by atoms with van der Waals surface area (Å²) in [6, 6.07) is 6.76. The van der Waals surface area contributed by atoms with Gasteiger partial charge >= 0.3 is 7.75 Å². The zero-order chi connectivity index (χ0) is 17.7. The molecule has 0 amide bonds. The number of carbonyl (C=O) groups is 1. The molecule has 24 heavy (non-hydrogen) atoms. The van der Waals surface area contributed by atoms with E-state index in [1.165, 1.54) is 18.2 Å². The van der Waals surface area contributed by atoms with Crippen LogP contribution in [-0.2, 0) is 15.8 Å². The maximum absolute atomic E-state index is 12.0. The maximum Gasteiger partial charge on any atom is 0.427 e. The Kier molecular flexibility index (Phi) is 5.96. The maximum atomic E-state index is 12.0. The minimum atomic E-state index is -4.56. The second kappa shape index (κ2) is 7.77. The molecule has 8 heteroatoms. The summed E-state index contributed by atoms with van der Waals surface area (Å²) in [6.45, 7) is 0. The number of ketones is 1. The van der Waals surface area contributed by atoms with E-state index in [0.29, 0.717) is 12.8 Å². The fourth-order valence-corrected chi connectivity index (χ4v) is 3.22. The van der Waals surface area contributed by atoms with E-state index in [2.05, 4.69) is 0 Å². The molecule has 0 heterocycles. The highest BCUT2D eigenvalue weighted by molar-refractivity contribution is 7.49. The molecule has 0 spiro atoms. The first kappa shape index (κ1) is 18.4. The molecule has 5 N–H and O–H groups in total. The molecule has 130 valence electrons. The minimum Gasteiger partial charge on any atom is -0.508 e. The first-order chi connectivity index (χ1) is 11.3. The number of hydrogen-bond donors (Lipinski definition) is 5. The van der Waals surface area contributed by atoms with Gasteiger partial charge in [0.2, 0.25) is 0 Å². The molecule has 0 aromatic heterocycles. The van der Waals surface area contributed by atoms with E-state index in [4.69, 9.17) is 9.79 Å². The SMILES string of the molecule is O=C1C=CC=C(NP(=O)(O)O)C1C(O)CCCc1cccc(O)c1. The number of allylic oxidation sites excluding steroid dienone is 3. The Hall–Kier alpha value is -1.92. The highest BCUT2D eigenvalue weighted by Crippen LogP contribution is 2.34. The van der Waals surface area contributed by atoms with Crippen molar-refractivity contribution in [2.24, 2.45) is 5.92 Å². The second-order valence-electron chi connectivity index (χ2n) is 5.65. The van der Waals surface area contributed by atoms with Gasteiger partial charge in [0.15, 0.2) is 5.78 Å². The lowest BCUT2D eigenvalue weighted by Gasteiger charge is -2.26. The largest absolute Gasteiger partial charge is 0.508 e.